The van der Waals surface area contributed by atoms with E-state index in [-0.39, 0.29) is 5.78 Å². The van der Waals surface area contributed by atoms with Crippen molar-refractivity contribution in [2.45, 2.75) is 44.6 Å². The monoisotopic (exact) mass is 222 g/mol. The van der Waals surface area contributed by atoms with Crippen molar-refractivity contribution < 1.29 is 4.79 Å². The molecule has 0 aromatic carbocycles. The first-order chi connectivity index (χ1) is 7.75. The molecule has 0 radical (unpaired) electrons. The van der Waals surface area contributed by atoms with Crippen molar-refractivity contribution in [2.24, 2.45) is 0 Å². The van der Waals surface area contributed by atoms with Gasteiger partial charge in [-0.05, 0) is 26.3 Å². The van der Waals surface area contributed by atoms with Crippen LogP contribution in [0, 0.1) is 0 Å². The van der Waals surface area contributed by atoms with Gasteiger partial charge in [-0.1, -0.05) is 12.8 Å². The molecule has 0 saturated heterocycles. The first kappa shape index (κ1) is 11.6. The molecule has 1 N–H and O–H groups in total. The summed E-state index contributed by atoms with van der Waals surface area (Å²) in [6, 6.07) is 0.793. The third-order valence-electron chi connectivity index (χ3n) is 3.74. The van der Waals surface area contributed by atoms with Gasteiger partial charge in [0.25, 0.3) is 0 Å². The topological polar surface area (TPSA) is 32.3 Å². The van der Waals surface area contributed by atoms with E-state index in [1.165, 1.54) is 25.7 Å². The van der Waals surface area contributed by atoms with Crippen LogP contribution in [0.3, 0.4) is 0 Å². The Morgan fingerprint density at radius 3 is 2.75 bits per heavy atom. The van der Waals surface area contributed by atoms with Gasteiger partial charge in [-0.25, -0.2) is 0 Å². The van der Waals surface area contributed by atoms with Gasteiger partial charge in [0.15, 0.2) is 5.78 Å². The Bertz CT molecular complexity index is 280. The van der Waals surface area contributed by atoms with E-state index in [2.05, 4.69) is 17.3 Å². The smallest absolute Gasteiger partial charge is 0.157 e. The van der Waals surface area contributed by atoms with Crippen molar-refractivity contribution in [1.82, 2.24) is 10.2 Å². The van der Waals surface area contributed by atoms with Crippen LogP contribution < -0.4 is 5.32 Å². The zero-order valence-electron chi connectivity index (χ0n) is 10.2. The molecule has 0 aromatic rings. The number of allylic oxidation sites excluding steroid dienone is 2. The fourth-order valence-electron chi connectivity index (χ4n) is 2.66. The summed E-state index contributed by atoms with van der Waals surface area (Å²) >= 11 is 0. The molecule has 16 heavy (non-hydrogen) atoms. The highest BCUT2D eigenvalue weighted by Crippen LogP contribution is 2.21. The van der Waals surface area contributed by atoms with Crippen molar-refractivity contribution in [1.29, 1.82) is 0 Å². The summed E-state index contributed by atoms with van der Waals surface area (Å²) in [5, 5.41) is 3.36. The fraction of sp³-hybridized carbons (Fsp3) is 0.769. The third-order valence-corrected chi connectivity index (χ3v) is 3.74. The second-order valence-corrected chi connectivity index (χ2v) is 4.98. The summed E-state index contributed by atoms with van der Waals surface area (Å²) in [5.41, 5.74) is 1.13. The molecule has 0 heterocycles. The predicted molar refractivity (Wildman–Crippen MR) is 65.2 cm³/mol. The largest absolute Gasteiger partial charge is 0.387 e. The minimum atomic E-state index is 0.270. The fourth-order valence-corrected chi connectivity index (χ4v) is 2.66. The van der Waals surface area contributed by atoms with Crippen LogP contribution in [0.1, 0.15) is 38.5 Å². The maximum absolute atomic E-state index is 11.0. The van der Waals surface area contributed by atoms with Crippen LogP contribution in [-0.4, -0.2) is 36.9 Å². The number of carbonyl (C=O) groups excluding carboxylic acids is 1. The number of rotatable bonds is 5. The van der Waals surface area contributed by atoms with Gasteiger partial charge >= 0.3 is 0 Å². The summed E-state index contributed by atoms with van der Waals surface area (Å²) in [5.74, 6) is 0.270. The molecule has 0 spiro atoms. The van der Waals surface area contributed by atoms with E-state index in [1.807, 2.05) is 0 Å². The van der Waals surface area contributed by atoms with Gasteiger partial charge in [0.05, 0.1) is 0 Å². The highest BCUT2D eigenvalue weighted by molar-refractivity contribution is 5.92. The molecular formula is C13H22N2O. The van der Waals surface area contributed by atoms with Gasteiger partial charge in [-0.2, -0.15) is 0 Å². The van der Waals surface area contributed by atoms with Crippen LogP contribution in [0.25, 0.3) is 0 Å². The maximum Gasteiger partial charge on any atom is 0.157 e. The quantitative estimate of drug-likeness (QED) is 0.768. The van der Waals surface area contributed by atoms with Crippen molar-refractivity contribution in [3.8, 4) is 0 Å². The molecule has 0 aliphatic heterocycles. The standard InChI is InChI=1S/C13H22N2O/c1-15(12-4-2-3-5-12)9-8-14-11-6-7-13(16)10-11/h10,12,14H,2-9H2,1H3. The molecule has 0 unspecified atom stereocenters. The number of carbonyl (C=O) groups is 1. The molecule has 0 atom stereocenters. The molecule has 1 fully saturated rings. The molecule has 3 heteroatoms. The highest BCUT2D eigenvalue weighted by Gasteiger charge is 2.19. The van der Waals surface area contributed by atoms with Gasteiger partial charge in [-0.3, -0.25) is 4.79 Å². The van der Waals surface area contributed by atoms with Gasteiger partial charge in [0, 0.05) is 37.3 Å². The molecule has 1 saturated carbocycles. The Labute approximate surface area is 97.9 Å². The lowest BCUT2D eigenvalue weighted by molar-refractivity contribution is -0.114. The summed E-state index contributed by atoms with van der Waals surface area (Å²) in [6.45, 7) is 2.04. The minimum Gasteiger partial charge on any atom is -0.387 e. The molecular weight excluding hydrogens is 200 g/mol. The molecule has 3 nitrogen and oxygen atoms in total. The lowest BCUT2D eigenvalue weighted by atomic mass is 10.2. The maximum atomic E-state index is 11.0. The third kappa shape index (κ3) is 3.08. The summed E-state index contributed by atoms with van der Waals surface area (Å²) in [4.78, 5) is 13.5. The molecule has 2 aliphatic rings. The number of likely N-dealkylation sites (N-methyl/N-ethyl adjacent to an activating group) is 1. The van der Waals surface area contributed by atoms with E-state index in [9.17, 15) is 4.79 Å². The van der Waals surface area contributed by atoms with Crippen molar-refractivity contribution in [3.05, 3.63) is 11.8 Å². The van der Waals surface area contributed by atoms with Crippen LogP contribution in [-0.2, 0) is 4.79 Å². The highest BCUT2D eigenvalue weighted by atomic mass is 16.1. The van der Waals surface area contributed by atoms with Crippen LogP contribution in [0.5, 0.6) is 0 Å². The second-order valence-electron chi connectivity index (χ2n) is 4.98. The lowest BCUT2D eigenvalue weighted by Crippen LogP contribution is -2.35. The van der Waals surface area contributed by atoms with E-state index in [4.69, 9.17) is 0 Å². The molecule has 2 aliphatic carbocycles. The molecule has 0 amide bonds. The number of nitrogens with zero attached hydrogens (tertiary/aromatic N) is 1. The number of nitrogens with one attached hydrogen (secondary N) is 1. The first-order valence-corrected chi connectivity index (χ1v) is 6.43. The normalized spacial score (nSPS) is 21.9. The average Bonchev–Trinajstić information content (AvgIpc) is 2.89. The van der Waals surface area contributed by atoms with E-state index in [0.29, 0.717) is 6.42 Å². The summed E-state index contributed by atoms with van der Waals surface area (Å²) < 4.78 is 0. The second kappa shape index (κ2) is 5.48. The zero-order chi connectivity index (χ0) is 11.4. The Morgan fingerprint density at radius 2 is 2.12 bits per heavy atom. The van der Waals surface area contributed by atoms with Gasteiger partial charge < -0.3 is 10.2 Å². The Balaban J connectivity index is 1.63. The van der Waals surface area contributed by atoms with E-state index >= 15 is 0 Å². The van der Waals surface area contributed by atoms with Crippen molar-refractivity contribution >= 4 is 5.78 Å². The zero-order valence-corrected chi connectivity index (χ0v) is 10.2. The molecule has 0 bridgehead atoms. The molecule has 0 aromatic heterocycles. The van der Waals surface area contributed by atoms with Gasteiger partial charge in [-0.15, -0.1) is 0 Å². The summed E-state index contributed by atoms with van der Waals surface area (Å²) in [6.07, 6.45) is 8.86. The Morgan fingerprint density at radius 1 is 1.38 bits per heavy atom. The van der Waals surface area contributed by atoms with Gasteiger partial charge in [0.2, 0.25) is 0 Å². The minimum absolute atomic E-state index is 0.270. The van der Waals surface area contributed by atoms with Crippen molar-refractivity contribution in [2.75, 3.05) is 20.1 Å². The number of hydrogen-bond acceptors (Lipinski definition) is 3. The van der Waals surface area contributed by atoms with Crippen LogP contribution in [0.15, 0.2) is 11.8 Å². The Kier molecular flexibility index (Phi) is 3.99. The van der Waals surface area contributed by atoms with Crippen LogP contribution >= 0.6 is 0 Å². The SMILES string of the molecule is CN(CCNC1=CC(=O)CC1)C1CCCC1. The van der Waals surface area contributed by atoms with Crippen LogP contribution in [0.2, 0.25) is 0 Å². The predicted octanol–water partition coefficient (Wildman–Crippen LogP) is 1.70. The number of ketones is 1. The lowest BCUT2D eigenvalue weighted by Gasteiger charge is -2.24. The Hall–Kier alpha value is -0.830. The summed E-state index contributed by atoms with van der Waals surface area (Å²) in [7, 11) is 2.21. The first-order valence-electron chi connectivity index (χ1n) is 6.43. The average molecular weight is 222 g/mol. The molecule has 2 rings (SSSR count). The van der Waals surface area contributed by atoms with E-state index < -0.39 is 0 Å². The van der Waals surface area contributed by atoms with Crippen LogP contribution in [0.4, 0.5) is 0 Å². The molecule has 90 valence electrons. The number of hydrogen-bond donors (Lipinski definition) is 1. The van der Waals surface area contributed by atoms with Crippen molar-refractivity contribution in [3.63, 3.8) is 0 Å². The van der Waals surface area contributed by atoms with E-state index in [1.54, 1.807) is 6.08 Å². The van der Waals surface area contributed by atoms with E-state index in [0.717, 1.165) is 31.2 Å². The van der Waals surface area contributed by atoms with Gasteiger partial charge in [0.1, 0.15) is 0 Å².